The van der Waals surface area contributed by atoms with Crippen LogP contribution in [0.25, 0.3) is 0 Å². The van der Waals surface area contributed by atoms with Gasteiger partial charge in [-0.2, -0.15) is 0 Å². The number of hydrogen-bond donors (Lipinski definition) is 1. The van der Waals surface area contributed by atoms with Crippen LogP contribution in [-0.2, 0) is 6.42 Å². The molecule has 3 rings (SSSR count). The Hall–Kier alpha value is -2.80. The lowest BCUT2D eigenvalue weighted by Crippen LogP contribution is -2.12. The van der Waals surface area contributed by atoms with E-state index >= 15 is 0 Å². The van der Waals surface area contributed by atoms with Crippen molar-refractivity contribution in [2.75, 3.05) is 11.9 Å². The fourth-order valence-corrected chi connectivity index (χ4v) is 3.22. The van der Waals surface area contributed by atoms with Crippen LogP contribution in [0.5, 0.6) is 5.75 Å². The molecule has 0 saturated carbocycles. The van der Waals surface area contributed by atoms with Crippen molar-refractivity contribution in [1.82, 2.24) is 10.2 Å². The highest BCUT2D eigenvalue weighted by atomic mass is 32.1. The lowest BCUT2D eigenvalue weighted by molar-refractivity contribution is 0.102. The number of rotatable bonds is 6. The second-order valence-corrected chi connectivity index (χ2v) is 6.70. The fraction of sp³-hybridized carbons (Fsp3) is 0.211. The molecular formula is C19H18FN3O2S. The number of aromatic nitrogens is 2. The zero-order valence-electron chi connectivity index (χ0n) is 14.5. The molecule has 0 aliphatic carbocycles. The molecule has 134 valence electrons. The highest BCUT2D eigenvalue weighted by molar-refractivity contribution is 7.15. The summed E-state index contributed by atoms with van der Waals surface area (Å²) in [4.78, 5) is 12.4. The average Bonchev–Trinajstić information content (AvgIpc) is 3.06. The summed E-state index contributed by atoms with van der Waals surface area (Å²) < 4.78 is 19.2. The van der Waals surface area contributed by atoms with E-state index in [9.17, 15) is 9.18 Å². The number of carbonyl (C=O) groups excluding carboxylic acids is 1. The standard InChI is InChI=1S/C19H18FN3O2S/c1-3-25-16-9-8-14(10-12(16)2)18(24)21-19-23-22-17(26-19)11-13-6-4-5-7-15(13)20/h4-10H,3,11H2,1-2H3,(H,21,23,24). The van der Waals surface area contributed by atoms with Crippen LogP contribution in [-0.4, -0.2) is 22.7 Å². The number of carbonyl (C=O) groups is 1. The van der Waals surface area contributed by atoms with Crippen molar-refractivity contribution < 1.29 is 13.9 Å². The van der Waals surface area contributed by atoms with Gasteiger partial charge in [-0.3, -0.25) is 10.1 Å². The van der Waals surface area contributed by atoms with E-state index in [1.807, 2.05) is 13.8 Å². The van der Waals surface area contributed by atoms with E-state index in [0.717, 1.165) is 11.3 Å². The molecule has 5 nitrogen and oxygen atoms in total. The smallest absolute Gasteiger partial charge is 0.257 e. The maximum atomic E-state index is 13.7. The van der Waals surface area contributed by atoms with Crippen LogP contribution in [0.15, 0.2) is 42.5 Å². The Labute approximate surface area is 154 Å². The van der Waals surface area contributed by atoms with Crippen LogP contribution in [0.1, 0.15) is 33.4 Å². The lowest BCUT2D eigenvalue weighted by atomic mass is 10.1. The summed E-state index contributed by atoms with van der Waals surface area (Å²) >= 11 is 1.23. The number of hydrogen-bond acceptors (Lipinski definition) is 5. The molecule has 26 heavy (non-hydrogen) atoms. The van der Waals surface area contributed by atoms with Crippen molar-refractivity contribution in [3.8, 4) is 5.75 Å². The summed E-state index contributed by atoms with van der Waals surface area (Å²) in [6.07, 6.45) is 0.336. The van der Waals surface area contributed by atoms with Gasteiger partial charge in [-0.25, -0.2) is 4.39 Å². The van der Waals surface area contributed by atoms with Crippen LogP contribution in [0.3, 0.4) is 0 Å². The predicted octanol–water partition coefficient (Wildman–Crippen LogP) is 4.23. The van der Waals surface area contributed by atoms with Crippen molar-refractivity contribution >= 4 is 22.4 Å². The number of benzene rings is 2. The minimum absolute atomic E-state index is 0.273. The van der Waals surface area contributed by atoms with Crippen LogP contribution in [0.2, 0.25) is 0 Å². The van der Waals surface area contributed by atoms with Gasteiger partial charge in [0.05, 0.1) is 6.61 Å². The van der Waals surface area contributed by atoms with Gasteiger partial charge in [0.25, 0.3) is 5.91 Å². The molecule has 7 heteroatoms. The molecule has 0 saturated heterocycles. The number of nitrogens with one attached hydrogen (secondary N) is 1. The van der Waals surface area contributed by atoms with Gasteiger partial charge in [0.2, 0.25) is 5.13 Å². The first kappa shape index (κ1) is 18.0. The zero-order valence-corrected chi connectivity index (χ0v) is 15.3. The van der Waals surface area contributed by atoms with Crippen molar-refractivity contribution in [3.63, 3.8) is 0 Å². The van der Waals surface area contributed by atoms with Gasteiger partial charge < -0.3 is 4.74 Å². The number of ether oxygens (including phenoxy) is 1. The first-order valence-corrected chi connectivity index (χ1v) is 8.99. The quantitative estimate of drug-likeness (QED) is 0.704. The topological polar surface area (TPSA) is 64.1 Å². The molecule has 0 aliphatic rings. The SMILES string of the molecule is CCOc1ccc(C(=O)Nc2nnc(Cc3ccccc3F)s2)cc1C. The van der Waals surface area contributed by atoms with E-state index in [0.29, 0.717) is 34.3 Å². The van der Waals surface area contributed by atoms with Crippen molar-refractivity contribution in [2.24, 2.45) is 0 Å². The lowest BCUT2D eigenvalue weighted by Gasteiger charge is -2.08. The van der Waals surface area contributed by atoms with Gasteiger partial charge in [-0.1, -0.05) is 29.5 Å². The first-order valence-electron chi connectivity index (χ1n) is 8.17. The van der Waals surface area contributed by atoms with Crippen molar-refractivity contribution in [2.45, 2.75) is 20.3 Å². The minimum atomic E-state index is -0.279. The zero-order chi connectivity index (χ0) is 18.5. The summed E-state index contributed by atoms with van der Waals surface area (Å²) in [5.41, 5.74) is 1.94. The molecule has 1 N–H and O–H groups in total. The third kappa shape index (κ3) is 4.23. The third-order valence-corrected chi connectivity index (χ3v) is 4.56. The van der Waals surface area contributed by atoms with Gasteiger partial charge in [-0.15, -0.1) is 10.2 Å². The van der Waals surface area contributed by atoms with E-state index in [1.54, 1.807) is 36.4 Å². The van der Waals surface area contributed by atoms with E-state index in [1.165, 1.54) is 17.4 Å². The minimum Gasteiger partial charge on any atom is -0.494 e. The van der Waals surface area contributed by atoms with E-state index < -0.39 is 0 Å². The Morgan fingerprint density at radius 2 is 2.04 bits per heavy atom. The second-order valence-electron chi connectivity index (χ2n) is 5.64. The first-order chi connectivity index (χ1) is 12.6. The Morgan fingerprint density at radius 1 is 1.23 bits per heavy atom. The molecule has 0 aliphatic heterocycles. The molecule has 1 aromatic heterocycles. The molecule has 1 amide bonds. The number of halogens is 1. The van der Waals surface area contributed by atoms with Crippen molar-refractivity contribution in [3.05, 3.63) is 70.0 Å². The highest BCUT2D eigenvalue weighted by Gasteiger charge is 2.13. The highest BCUT2D eigenvalue weighted by Crippen LogP contribution is 2.22. The van der Waals surface area contributed by atoms with E-state index in [-0.39, 0.29) is 11.7 Å². The fourth-order valence-electron chi connectivity index (χ4n) is 2.46. The summed E-state index contributed by atoms with van der Waals surface area (Å²) in [5, 5.41) is 11.7. The molecule has 0 spiro atoms. The maximum absolute atomic E-state index is 13.7. The van der Waals surface area contributed by atoms with Gasteiger partial charge in [0, 0.05) is 12.0 Å². The molecular weight excluding hydrogens is 353 g/mol. The largest absolute Gasteiger partial charge is 0.494 e. The molecule has 0 radical (unpaired) electrons. The Morgan fingerprint density at radius 3 is 2.77 bits per heavy atom. The van der Waals surface area contributed by atoms with Crippen molar-refractivity contribution in [1.29, 1.82) is 0 Å². The number of amides is 1. The van der Waals surface area contributed by atoms with Gasteiger partial charge >= 0.3 is 0 Å². The van der Waals surface area contributed by atoms with Crippen LogP contribution in [0.4, 0.5) is 9.52 Å². The number of anilines is 1. The molecule has 1 heterocycles. The van der Waals surface area contributed by atoms with E-state index in [2.05, 4.69) is 15.5 Å². The second kappa shape index (κ2) is 8.05. The van der Waals surface area contributed by atoms with Crippen LogP contribution in [0, 0.1) is 12.7 Å². The molecule has 0 atom stereocenters. The predicted molar refractivity (Wildman–Crippen MR) is 99.4 cm³/mol. The van der Waals surface area contributed by atoms with Gasteiger partial charge in [0.1, 0.15) is 16.6 Å². The Balaban J connectivity index is 1.68. The number of aryl methyl sites for hydroxylation is 1. The molecule has 0 bridgehead atoms. The molecule has 0 fully saturated rings. The molecule has 0 unspecified atom stereocenters. The summed E-state index contributed by atoms with van der Waals surface area (Å²) in [5.74, 6) is 0.204. The summed E-state index contributed by atoms with van der Waals surface area (Å²) in [6, 6.07) is 11.8. The normalized spacial score (nSPS) is 10.6. The van der Waals surface area contributed by atoms with Gasteiger partial charge in [0.15, 0.2) is 0 Å². The van der Waals surface area contributed by atoms with Gasteiger partial charge in [-0.05, 0) is 49.2 Å². The summed E-state index contributed by atoms with van der Waals surface area (Å²) in [7, 11) is 0. The maximum Gasteiger partial charge on any atom is 0.257 e. The third-order valence-electron chi connectivity index (χ3n) is 3.72. The Bertz CT molecular complexity index is 927. The monoisotopic (exact) mass is 371 g/mol. The molecule has 3 aromatic rings. The van der Waals surface area contributed by atoms with E-state index in [4.69, 9.17) is 4.74 Å². The van der Waals surface area contributed by atoms with Crippen LogP contribution < -0.4 is 10.1 Å². The Kier molecular flexibility index (Phi) is 5.58. The average molecular weight is 371 g/mol. The molecule has 2 aromatic carbocycles. The summed E-state index contributed by atoms with van der Waals surface area (Å²) in [6.45, 7) is 4.37. The van der Waals surface area contributed by atoms with Crippen LogP contribution >= 0.6 is 11.3 Å². The number of nitrogens with zero attached hydrogens (tertiary/aromatic N) is 2.